The van der Waals surface area contributed by atoms with E-state index in [9.17, 15) is 43.5 Å². The number of nitrogens with two attached hydrogens (primary N) is 2. The first-order valence-corrected chi connectivity index (χ1v) is 13.7. The topological polar surface area (TPSA) is 309 Å². The molecule has 45 heavy (non-hydrogen) atoms. The highest BCUT2D eigenvalue weighted by molar-refractivity contribution is 5.97. The molecule has 12 N–H and O–H groups in total. The summed E-state index contributed by atoms with van der Waals surface area (Å²) >= 11 is 0. The van der Waals surface area contributed by atoms with Crippen molar-refractivity contribution >= 4 is 47.4 Å². The first kappa shape index (κ1) is 37.9. The lowest BCUT2D eigenvalue weighted by Crippen LogP contribution is -2.58. The quantitative estimate of drug-likeness (QED) is 0.0691. The first-order chi connectivity index (χ1) is 21.0. The van der Waals surface area contributed by atoms with Crippen molar-refractivity contribution in [2.24, 2.45) is 11.5 Å². The second kappa shape index (κ2) is 18.5. The molecule has 0 heterocycles. The molecule has 0 aliphatic rings. The number of aliphatic hydroxyl groups is 1. The Kier molecular flexibility index (Phi) is 15.6. The number of amides is 6. The van der Waals surface area contributed by atoms with Crippen LogP contribution in [0.4, 0.5) is 0 Å². The molecular weight excluding hydrogens is 598 g/mol. The van der Waals surface area contributed by atoms with Crippen molar-refractivity contribution in [2.45, 2.75) is 75.8 Å². The van der Waals surface area contributed by atoms with E-state index in [0.29, 0.717) is 5.56 Å². The molecule has 0 fully saturated rings. The summed E-state index contributed by atoms with van der Waals surface area (Å²) in [7, 11) is 0. The zero-order valence-corrected chi connectivity index (χ0v) is 24.6. The molecule has 18 nitrogen and oxygen atoms in total. The van der Waals surface area contributed by atoms with Gasteiger partial charge in [0.25, 0.3) is 0 Å². The second-order valence-electron chi connectivity index (χ2n) is 10.1. The number of hydrogen-bond donors (Lipinski definition) is 10. The van der Waals surface area contributed by atoms with Crippen molar-refractivity contribution in [3.8, 4) is 0 Å². The van der Waals surface area contributed by atoms with Crippen LogP contribution in [0.1, 0.15) is 38.7 Å². The Balaban J connectivity index is 2.95. The van der Waals surface area contributed by atoms with E-state index < -0.39 is 103 Å². The number of benzene rings is 1. The van der Waals surface area contributed by atoms with E-state index in [-0.39, 0.29) is 12.8 Å². The Morgan fingerprint density at radius 2 is 1.18 bits per heavy atom. The van der Waals surface area contributed by atoms with Gasteiger partial charge in [-0.25, -0.2) is 4.79 Å². The van der Waals surface area contributed by atoms with Crippen LogP contribution in [0.5, 0.6) is 0 Å². The fourth-order valence-corrected chi connectivity index (χ4v) is 3.75. The van der Waals surface area contributed by atoms with Gasteiger partial charge < -0.3 is 53.4 Å². The number of carboxylic acids is 2. The first-order valence-electron chi connectivity index (χ1n) is 13.7. The summed E-state index contributed by atoms with van der Waals surface area (Å²) in [5.74, 6) is -8.57. The van der Waals surface area contributed by atoms with E-state index in [1.54, 1.807) is 30.3 Å². The summed E-state index contributed by atoms with van der Waals surface area (Å²) in [5.41, 5.74) is 11.2. The van der Waals surface area contributed by atoms with Crippen molar-refractivity contribution in [1.29, 1.82) is 0 Å². The van der Waals surface area contributed by atoms with E-state index in [1.807, 2.05) is 0 Å². The molecule has 6 atom stereocenters. The maximum atomic E-state index is 13.0. The summed E-state index contributed by atoms with van der Waals surface area (Å²) in [5, 5.41) is 38.7. The lowest BCUT2D eigenvalue weighted by molar-refractivity contribution is -0.143. The highest BCUT2D eigenvalue weighted by Gasteiger charge is 2.31. The largest absolute Gasteiger partial charge is 0.481 e. The maximum Gasteiger partial charge on any atom is 0.326 e. The lowest BCUT2D eigenvalue weighted by atomic mass is 10.0. The van der Waals surface area contributed by atoms with Crippen LogP contribution in [0.3, 0.4) is 0 Å². The van der Waals surface area contributed by atoms with Gasteiger partial charge in [-0.15, -0.1) is 0 Å². The number of hydrogen-bond acceptors (Lipinski definition) is 10. The number of nitrogens with one attached hydrogen (secondary N) is 5. The Morgan fingerprint density at radius 1 is 0.689 bits per heavy atom. The molecule has 18 heteroatoms. The van der Waals surface area contributed by atoms with Gasteiger partial charge in [0.1, 0.15) is 30.2 Å². The Morgan fingerprint density at radius 3 is 1.69 bits per heavy atom. The monoisotopic (exact) mass is 637 g/mol. The van der Waals surface area contributed by atoms with Crippen LogP contribution < -0.4 is 38.1 Å². The molecule has 0 bridgehead atoms. The van der Waals surface area contributed by atoms with Gasteiger partial charge in [-0.05, 0) is 25.8 Å². The molecule has 248 valence electrons. The third-order valence-corrected chi connectivity index (χ3v) is 6.23. The smallest absolute Gasteiger partial charge is 0.326 e. The van der Waals surface area contributed by atoms with E-state index >= 15 is 0 Å². The van der Waals surface area contributed by atoms with E-state index in [4.69, 9.17) is 21.7 Å². The summed E-state index contributed by atoms with van der Waals surface area (Å²) < 4.78 is 0. The second-order valence-corrected chi connectivity index (χ2v) is 10.1. The highest BCUT2D eigenvalue weighted by atomic mass is 16.4. The van der Waals surface area contributed by atoms with Gasteiger partial charge in [0.15, 0.2) is 0 Å². The van der Waals surface area contributed by atoms with Crippen molar-refractivity contribution in [1.82, 2.24) is 26.6 Å². The standard InChI is InChI=1S/C27H39N7O11/c1-13(31-25(42)18(12-21(37)38)33-24(41)16(28)8-9-35)22(39)30-14(2)23(40)32-17(10-15-6-4-3-5-7-15)26(43)34-19(27(44)45)11-20(29)36/h3-7,13-14,16-19,35H,8-12,28H2,1-2H3,(H2,29,36)(H,30,39)(H,31,42)(H,32,40)(H,33,41)(H,34,43)(H,37,38)(H,44,45)/t13-,14-,16-,17-,18-,19-/m0/s1. The Labute approximate surface area is 257 Å². The van der Waals surface area contributed by atoms with E-state index in [0.717, 1.165) is 0 Å². The number of rotatable bonds is 19. The van der Waals surface area contributed by atoms with Gasteiger partial charge in [-0.2, -0.15) is 0 Å². The molecule has 0 radical (unpaired) electrons. The molecule has 0 spiro atoms. The lowest BCUT2D eigenvalue weighted by Gasteiger charge is -2.24. The van der Waals surface area contributed by atoms with Crippen LogP contribution in [0.25, 0.3) is 0 Å². The van der Waals surface area contributed by atoms with Gasteiger partial charge in [0.2, 0.25) is 35.4 Å². The number of carboxylic acid groups (broad SMARTS) is 2. The average molecular weight is 638 g/mol. The minimum Gasteiger partial charge on any atom is -0.481 e. The molecule has 0 aromatic heterocycles. The summed E-state index contributed by atoms with van der Waals surface area (Å²) in [4.78, 5) is 97.5. The molecule has 0 aliphatic carbocycles. The van der Waals surface area contributed by atoms with Crippen LogP contribution in [0.15, 0.2) is 30.3 Å². The van der Waals surface area contributed by atoms with Gasteiger partial charge in [0.05, 0.1) is 18.9 Å². The fourth-order valence-electron chi connectivity index (χ4n) is 3.75. The molecule has 6 amide bonds. The SMILES string of the molecule is C[C@H](NC(=O)[C@H](C)NC(=O)[C@H](CC(=O)O)NC(=O)[C@@H](N)CCO)C(=O)N[C@@H](Cc1ccccc1)C(=O)N[C@@H](CC(N)=O)C(=O)O. The molecule has 1 aromatic rings. The number of aliphatic carboxylic acids is 2. The predicted molar refractivity (Wildman–Crippen MR) is 155 cm³/mol. The van der Waals surface area contributed by atoms with Crippen molar-refractivity contribution in [3.63, 3.8) is 0 Å². The Bertz CT molecular complexity index is 1240. The van der Waals surface area contributed by atoms with Crippen LogP contribution in [0.2, 0.25) is 0 Å². The van der Waals surface area contributed by atoms with Gasteiger partial charge in [0, 0.05) is 13.0 Å². The van der Waals surface area contributed by atoms with Crippen molar-refractivity contribution in [2.75, 3.05) is 6.61 Å². The molecule has 0 aliphatic heterocycles. The molecule has 0 unspecified atom stereocenters. The number of aliphatic hydroxyl groups excluding tert-OH is 1. The normalized spacial score (nSPS) is 14.7. The highest BCUT2D eigenvalue weighted by Crippen LogP contribution is 2.06. The number of carbonyl (C=O) groups is 8. The van der Waals surface area contributed by atoms with E-state index in [2.05, 4.69) is 26.6 Å². The third kappa shape index (κ3) is 13.8. The summed E-state index contributed by atoms with van der Waals surface area (Å²) in [6, 6.07) is -0.0950. The zero-order chi connectivity index (χ0) is 34.3. The number of primary amides is 1. The predicted octanol–water partition coefficient (Wildman–Crippen LogP) is -4.16. The average Bonchev–Trinajstić information content (AvgIpc) is 2.95. The minimum absolute atomic E-state index is 0.0902. The summed E-state index contributed by atoms with van der Waals surface area (Å²) in [6.45, 7) is 2.07. The van der Waals surface area contributed by atoms with Crippen LogP contribution >= 0.6 is 0 Å². The molecule has 1 rings (SSSR count). The van der Waals surface area contributed by atoms with Crippen molar-refractivity contribution < 1.29 is 53.7 Å². The van der Waals surface area contributed by atoms with Crippen LogP contribution in [0, 0.1) is 0 Å². The van der Waals surface area contributed by atoms with Crippen molar-refractivity contribution in [3.05, 3.63) is 35.9 Å². The third-order valence-electron chi connectivity index (χ3n) is 6.23. The molecular formula is C27H39N7O11. The van der Waals surface area contributed by atoms with E-state index in [1.165, 1.54) is 13.8 Å². The molecule has 1 aromatic carbocycles. The molecule has 0 saturated heterocycles. The van der Waals surface area contributed by atoms with Gasteiger partial charge in [-0.3, -0.25) is 33.6 Å². The fraction of sp³-hybridized carbons (Fsp3) is 0.481. The van der Waals surface area contributed by atoms with Gasteiger partial charge >= 0.3 is 11.9 Å². The maximum absolute atomic E-state index is 13.0. The number of carbonyl (C=O) groups excluding carboxylic acids is 6. The van der Waals surface area contributed by atoms with Gasteiger partial charge in [-0.1, -0.05) is 30.3 Å². The van der Waals surface area contributed by atoms with Crippen LogP contribution in [-0.4, -0.2) is 106 Å². The molecule has 0 saturated carbocycles. The summed E-state index contributed by atoms with van der Waals surface area (Å²) in [6.07, 6.45) is -1.78. The Hall–Kier alpha value is -5.10. The zero-order valence-electron chi connectivity index (χ0n) is 24.6. The minimum atomic E-state index is -1.66. The van der Waals surface area contributed by atoms with Crippen LogP contribution in [-0.2, 0) is 44.8 Å².